The fourth-order valence-electron chi connectivity index (χ4n) is 2.40. The summed E-state index contributed by atoms with van der Waals surface area (Å²) in [6.45, 7) is 1.72. The number of carbonyl (C=O) groups excluding carboxylic acids is 1. The summed E-state index contributed by atoms with van der Waals surface area (Å²) in [5.74, 6) is -0.546. The number of nitrogens with one attached hydrogen (secondary N) is 1. The van der Waals surface area contributed by atoms with E-state index < -0.39 is 17.6 Å². The molecule has 1 fully saturated rings. The second kappa shape index (κ2) is 6.75. The van der Waals surface area contributed by atoms with Gasteiger partial charge < -0.3 is 20.4 Å². The van der Waals surface area contributed by atoms with Gasteiger partial charge in [0, 0.05) is 30.2 Å². The number of hydrogen-bond acceptors (Lipinski definition) is 4. The summed E-state index contributed by atoms with van der Waals surface area (Å²) in [6.07, 6.45) is -0.119. The lowest BCUT2D eigenvalue weighted by Crippen LogP contribution is -2.50. The first-order valence-corrected chi connectivity index (χ1v) is 7.40. The van der Waals surface area contributed by atoms with Gasteiger partial charge >= 0.3 is 0 Å². The molecule has 6 heteroatoms. The fraction of sp³-hybridized carbons (Fsp3) is 0.533. The molecule has 3 N–H and O–H groups in total. The van der Waals surface area contributed by atoms with Crippen LogP contribution in [0.4, 0.5) is 0 Å². The molecule has 1 heterocycles. The van der Waals surface area contributed by atoms with E-state index in [-0.39, 0.29) is 6.54 Å². The van der Waals surface area contributed by atoms with Gasteiger partial charge in [-0.05, 0) is 26.0 Å². The average Bonchev–Trinajstić information content (AvgIpc) is 2.48. The number of benzene rings is 1. The second-order valence-electron chi connectivity index (χ2n) is 5.67. The number of halogens is 1. The molecule has 21 heavy (non-hydrogen) atoms. The Kier molecular flexibility index (Phi) is 5.22. The largest absolute Gasteiger partial charge is 0.388 e. The van der Waals surface area contributed by atoms with Gasteiger partial charge in [0.2, 0.25) is 0 Å². The van der Waals surface area contributed by atoms with Gasteiger partial charge in [-0.15, -0.1) is 0 Å². The van der Waals surface area contributed by atoms with Crippen molar-refractivity contribution in [1.29, 1.82) is 0 Å². The van der Waals surface area contributed by atoms with Crippen LogP contribution in [0.3, 0.4) is 0 Å². The number of nitrogens with zero attached hydrogens (tertiary/aromatic N) is 1. The minimum absolute atomic E-state index is 0.140. The van der Waals surface area contributed by atoms with Crippen molar-refractivity contribution in [2.24, 2.45) is 0 Å². The zero-order valence-electron chi connectivity index (χ0n) is 12.1. The van der Waals surface area contributed by atoms with Crippen molar-refractivity contribution in [3.05, 3.63) is 34.9 Å². The summed E-state index contributed by atoms with van der Waals surface area (Å²) >= 11 is 5.96. The first-order valence-electron chi connectivity index (χ1n) is 7.02. The maximum atomic E-state index is 12.0. The Morgan fingerprint density at radius 3 is 2.67 bits per heavy atom. The van der Waals surface area contributed by atoms with Crippen molar-refractivity contribution in [2.75, 3.05) is 26.7 Å². The molecular weight excluding hydrogens is 292 g/mol. The average molecular weight is 313 g/mol. The molecule has 1 saturated heterocycles. The minimum Gasteiger partial charge on any atom is -0.388 e. The van der Waals surface area contributed by atoms with Crippen LogP contribution in [-0.4, -0.2) is 53.3 Å². The van der Waals surface area contributed by atoms with E-state index in [1.54, 1.807) is 24.3 Å². The van der Waals surface area contributed by atoms with Crippen molar-refractivity contribution in [3.63, 3.8) is 0 Å². The molecule has 0 saturated carbocycles. The molecule has 0 radical (unpaired) electrons. The number of rotatable bonds is 4. The highest BCUT2D eigenvalue weighted by Crippen LogP contribution is 2.24. The molecule has 1 aliphatic rings. The van der Waals surface area contributed by atoms with Crippen LogP contribution in [-0.2, 0) is 4.79 Å². The SMILES string of the molecule is CN1CCC(O)(CNC(=O)[C@H](O)c2ccccc2Cl)CC1. The van der Waals surface area contributed by atoms with E-state index in [4.69, 9.17) is 11.6 Å². The van der Waals surface area contributed by atoms with Gasteiger partial charge in [0.15, 0.2) is 6.10 Å². The zero-order valence-corrected chi connectivity index (χ0v) is 12.8. The van der Waals surface area contributed by atoms with Gasteiger partial charge in [-0.2, -0.15) is 0 Å². The molecule has 0 unspecified atom stereocenters. The van der Waals surface area contributed by atoms with E-state index in [1.807, 2.05) is 7.05 Å². The minimum atomic E-state index is -1.33. The molecule has 1 amide bonds. The van der Waals surface area contributed by atoms with E-state index in [1.165, 1.54) is 0 Å². The van der Waals surface area contributed by atoms with E-state index in [0.717, 1.165) is 13.1 Å². The van der Waals surface area contributed by atoms with E-state index in [2.05, 4.69) is 10.2 Å². The number of likely N-dealkylation sites (tertiary alicyclic amines) is 1. The molecule has 0 aromatic heterocycles. The maximum absolute atomic E-state index is 12.0. The predicted molar refractivity (Wildman–Crippen MR) is 81.1 cm³/mol. The highest BCUT2D eigenvalue weighted by molar-refractivity contribution is 6.31. The quantitative estimate of drug-likeness (QED) is 0.774. The summed E-state index contributed by atoms with van der Waals surface area (Å²) in [7, 11) is 2.00. The summed E-state index contributed by atoms with van der Waals surface area (Å²) in [5, 5.41) is 23.4. The van der Waals surface area contributed by atoms with Crippen molar-refractivity contribution in [3.8, 4) is 0 Å². The summed E-state index contributed by atoms with van der Waals surface area (Å²) in [5.41, 5.74) is -0.533. The fourth-order valence-corrected chi connectivity index (χ4v) is 2.64. The smallest absolute Gasteiger partial charge is 0.253 e. The Morgan fingerprint density at radius 1 is 1.43 bits per heavy atom. The van der Waals surface area contributed by atoms with Gasteiger partial charge in [-0.1, -0.05) is 29.8 Å². The monoisotopic (exact) mass is 312 g/mol. The van der Waals surface area contributed by atoms with Crippen LogP contribution < -0.4 is 5.32 Å². The van der Waals surface area contributed by atoms with Gasteiger partial charge in [-0.3, -0.25) is 4.79 Å². The van der Waals surface area contributed by atoms with E-state index in [0.29, 0.717) is 23.4 Å². The molecule has 0 aliphatic carbocycles. The lowest BCUT2D eigenvalue weighted by Gasteiger charge is -2.36. The van der Waals surface area contributed by atoms with E-state index in [9.17, 15) is 15.0 Å². The van der Waals surface area contributed by atoms with Gasteiger partial charge in [-0.25, -0.2) is 0 Å². The molecular formula is C15H21ClN2O3. The van der Waals surface area contributed by atoms with Crippen LogP contribution in [0.15, 0.2) is 24.3 Å². The maximum Gasteiger partial charge on any atom is 0.253 e. The molecule has 1 aromatic carbocycles. The molecule has 1 aliphatic heterocycles. The Hall–Kier alpha value is -1.14. The Bertz CT molecular complexity index is 501. The third-order valence-corrected chi connectivity index (χ3v) is 4.30. The molecule has 0 spiro atoms. The van der Waals surface area contributed by atoms with Crippen LogP contribution in [0.1, 0.15) is 24.5 Å². The predicted octanol–water partition coefficient (Wildman–Crippen LogP) is 0.946. The van der Waals surface area contributed by atoms with Gasteiger partial charge in [0.05, 0.1) is 5.60 Å². The van der Waals surface area contributed by atoms with E-state index >= 15 is 0 Å². The van der Waals surface area contributed by atoms with Crippen LogP contribution >= 0.6 is 11.6 Å². The van der Waals surface area contributed by atoms with Crippen LogP contribution in [0.25, 0.3) is 0 Å². The highest BCUT2D eigenvalue weighted by atomic mass is 35.5. The van der Waals surface area contributed by atoms with Crippen molar-refractivity contribution in [1.82, 2.24) is 10.2 Å². The summed E-state index contributed by atoms with van der Waals surface area (Å²) in [6, 6.07) is 6.68. The third-order valence-electron chi connectivity index (χ3n) is 3.96. The number of piperidine rings is 1. The van der Waals surface area contributed by atoms with Gasteiger partial charge in [0.1, 0.15) is 0 Å². The summed E-state index contributed by atoms with van der Waals surface area (Å²) in [4.78, 5) is 14.1. The van der Waals surface area contributed by atoms with Crippen LogP contribution in [0.5, 0.6) is 0 Å². The lowest BCUT2D eigenvalue weighted by atomic mass is 9.91. The Balaban J connectivity index is 1.91. The number of hydrogen-bond donors (Lipinski definition) is 3. The standard InChI is InChI=1S/C15H21ClN2O3/c1-18-8-6-15(21,7-9-18)10-17-14(20)13(19)11-4-2-3-5-12(11)16/h2-5,13,19,21H,6-10H2,1H3,(H,17,20)/t13-/m1/s1. The van der Waals surface area contributed by atoms with Crippen molar-refractivity contribution >= 4 is 17.5 Å². The Morgan fingerprint density at radius 2 is 2.05 bits per heavy atom. The van der Waals surface area contributed by atoms with Crippen molar-refractivity contribution < 1.29 is 15.0 Å². The number of aliphatic hydroxyl groups is 2. The number of amides is 1. The third kappa shape index (κ3) is 4.17. The van der Waals surface area contributed by atoms with Gasteiger partial charge in [0.25, 0.3) is 5.91 Å². The number of aliphatic hydroxyl groups excluding tert-OH is 1. The molecule has 5 nitrogen and oxygen atoms in total. The second-order valence-corrected chi connectivity index (χ2v) is 6.08. The van der Waals surface area contributed by atoms with Crippen LogP contribution in [0.2, 0.25) is 5.02 Å². The summed E-state index contributed by atoms with van der Waals surface area (Å²) < 4.78 is 0. The molecule has 2 rings (SSSR count). The lowest BCUT2D eigenvalue weighted by molar-refractivity contribution is -0.131. The number of carbonyl (C=O) groups is 1. The molecule has 116 valence electrons. The topological polar surface area (TPSA) is 72.8 Å². The normalized spacial score (nSPS) is 20.0. The first kappa shape index (κ1) is 16.2. The van der Waals surface area contributed by atoms with Crippen LogP contribution in [0, 0.1) is 0 Å². The molecule has 1 atom stereocenters. The zero-order chi connectivity index (χ0) is 15.5. The highest BCUT2D eigenvalue weighted by Gasteiger charge is 2.32. The molecule has 0 bridgehead atoms. The Labute approximate surface area is 129 Å². The van der Waals surface area contributed by atoms with Crippen molar-refractivity contribution in [2.45, 2.75) is 24.5 Å². The molecule has 1 aromatic rings. The first-order chi connectivity index (χ1) is 9.91.